The quantitative estimate of drug-likeness (QED) is 0.743. The smallest absolute Gasteiger partial charge is 0.334 e. The summed E-state index contributed by atoms with van der Waals surface area (Å²) in [5.41, 5.74) is -0.0834. The van der Waals surface area contributed by atoms with E-state index in [9.17, 15) is 13.2 Å². The summed E-state index contributed by atoms with van der Waals surface area (Å²) >= 11 is 0. The molecule has 1 aromatic carbocycles. The van der Waals surface area contributed by atoms with Crippen LogP contribution in [0.4, 0.5) is 13.2 Å². The van der Waals surface area contributed by atoms with Gasteiger partial charge in [0.15, 0.2) is 0 Å². The Bertz CT molecular complexity index is 385. The maximum Gasteiger partial charge on any atom is 0.334 e. The van der Waals surface area contributed by atoms with Crippen LogP contribution >= 0.6 is 0 Å². The van der Waals surface area contributed by atoms with Gasteiger partial charge in [0.1, 0.15) is 17.5 Å². The summed E-state index contributed by atoms with van der Waals surface area (Å²) in [5, 5.41) is 0. The van der Waals surface area contributed by atoms with Crippen LogP contribution in [0.2, 0.25) is 12.6 Å². The van der Waals surface area contributed by atoms with Gasteiger partial charge < -0.3 is 8.85 Å². The zero-order valence-corrected chi connectivity index (χ0v) is 11.7. The molecule has 0 unspecified atom stereocenters. The Hall–Kier alpha value is -0.853. The molecule has 0 saturated carbocycles. The molecule has 0 radical (unpaired) electrons. The fraction of sp³-hybridized carbons (Fsp3) is 0.500. The van der Waals surface area contributed by atoms with Crippen LogP contribution in [-0.4, -0.2) is 22.8 Å². The number of hydrogen-bond acceptors (Lipinski definition) is 2. The van der Waals surface area contributed by atoms with E-state index in [1.807, 2.05) is 6.55 Å². The van der Waals surface area contributed by atoms with Gasteiger partial charge in [0.05, 0.1) is 0 Å². The van der Waals surface area contributed by atoms with Gasteiger partial charge in [-0.15, -0.1) is 0 Å². The molecular weight excluding hydrogens is 261 g/mol. The van der Waals surface area contributed by atoms with E-state index in [4.69, 9.17) is 8.85 Å². The summed E-state index contributed by atoms with van der Waals surface area (Å²) in [7, 11) is 0.913. The molecule has 0 aliphatic heterocycles. The second kappa shape index (κ2) is 6.35. The maximum atomic E-state index is 13.4. The summed E-state index contributed by atoms with van der Waals surface area (Å²) < 4.78 is 50.0. The average Bonchev–Trinajstić information content (AvgIpc) is 2.32. The average molecular weight is 278 g/mol. The van der Waals surface area contributed by atoms with Crippen molar-refractivity contribution in [2.75, 3.05) is 14.2 Å². The van der Waals surface area contributed by atoms with Gasteiger partial charge in [-0.1, -0.05) is 0 Å². The van der Waals surface area contributed by atoms with Crippen LogP contribution in [0.15, 0.2) is 12.1 Å². The van der Waals surface area contributed by atoms with Gasteiger partial charge >= 0.3 is 8.56 Å². The number of halogens is 3. The molecule has 18 heavy (non-hydrogen) atoms. The molecule has 1 rings (SSSR count). The lowest BCUT2D eigenvalue weighted by Crippen LogP contribution is -2.35. The van der Waals surface area contributed by atoms with Gasteiger partial charge in [0.2, 0.25) is 0 Å². The van der Waals surface area contributed by atoms with Crippen molar-refractivity contribution in [1.82, 2.24) is 0 Å². The minimum absolute atomic E-state index is 0.0834. The molecule has 0 amide bonds. The van der Waals surface area contributed by atoms with Crippen molar-refractivity contribution in [3.63, 3.8) is 0 Å². The van der Waals surface area contributed by atoms with Crippen molar-refractivity contribution in [3.8, 4) is 0 Å². The van der Waals surface area contributed by atoms with Crippen molar-refractivity contribution in [3.05, 3.63) is 35.1 Å². The van der Waals surface area contributed by atoms with Gasteiger partial charge in [0, 0.05) is 31.9 Å². The van der Waals surface area contributed by atoms with Crippen LogP contribution in [0.25, 0.3) is 0 Å². The number of benzene rings is 1. The molecule has 0 bridgehead atoms. The predicted molar refractivity (Wildman–Crippen MR) is 65.1 cm³/mol. The van der Waals surface area contributed by atoms with E-state index in [0.717, 1.165) is 0 Å². The lowest BCUT2D eigenvalue weighted by atomic mass is 10.1. The molecule has 0 atom stereocenters. The molecule has 0 aromatic heterocycles. The molecule has 0 aliphatic rings. The van der Waals surface area contributed by atoms with Crippen LogP contribution in [-0.2, 0) is 15.3 Å². The van der Waals surface area contributed by atoms with E-state index >= 15 is 0 Å². The topological polar surface area (TPSA) is 18.5 Å². The Morgan fingerprint density at radius 3 is 2.00 bits per heavy atom. The van der Waals surface area contributed by atoms with Crippen LogP contribution in [0.1, 0.15) is 12.0 Å². The van der Waals surface area contributed by atoms with Crippen molar-refractivity contribution in [1.29, 1.82) is 0 Å². The fourth-order valence-corrected chi connectivity index (χ4v) is 3.08. The number of hydrogen-bond donors (Lipinski definition) is 0. The lowest BCUT2D eigenvalue weighted by Gasteiger charge is -2.22. The van der Waals surface area contributed by atoms with Crippen molar-refractivity contribution in [2.24, 2.45) is 0 Å². The van der Waals surface area contributed by atoms with E-state index < -0.39 is 26.0 Å². The van der Waals surface area contributed by atoms with E-state index in [2.05, 4.69) is 0 Å². The lowest BCUT2D eigenvalue weighted by molar-refractivity contribution is 0.248. The first-order valence-electron chi connectivity index (χ1n) is 5.65. The monoisotopic (exact) mass is 278 g/mol. The first-order chi connectivity index (χ1) is 8.41. The van der Waals surface area contributed by atoms with Crippen molar-refractivity contribution < 1.29 is 22.0 Å². The normalized spacial score (nSPS) is 11.9. The van der Waals surface area contributed by atoms with E-state index in [1.165, 1.54) is 0 Å². The first kappa shape index (κ1) is 15.2. The van der Waals surface area contributed by atoms with Gasteiger partial charge in [-0.3, -0.25) is 0 Å². The molecule has 0 saturated heterocycles. The minimum Gasteiger partial charge on any atom is -0.398 e. The molecule has 0 N–H and O–H groups in total. The highest BCUT2D eigenvalue weighted by molar-refractivity contribution is 6.65. The third-order valence-electron chi connectivity index (χ3n) is 3.03. The molecule has 2 nitrogen and oxygen atoms in total. The van der Waals surface area contributed by atoms with Gasteiger partial charge in [-0.25, -0.2) is 13.2 Å². The van der Waals surface area contributed by atoms with E-state index in [0.29, 0.717) is 24.6 Å². The highest BCUT2D eigenvalue weighted by Gasteiger charge is 2.28. The molecular formula is C12H17F3O2Si. The SMILES string of the molecule is CO[Si](C)(CCCc1c(F)cc(F)cc1F)OC. The van der Waals surface area contributed by atoms with Crippen LogP contribution < -0.4 is 0 Å². The summed E-state index contributed by atoms with van der Waals surface area (Å²) in [5.74, 6) is -2.59. The molecule has 0 heterocycles. The van der Waals surface area contributed by atoms with Crippen LogP contribution in [0, 0.1) is 17.5 Å². The van der Waals surface area contributed by atoms with Crippen molar-refractivity contribution >= 4 is 8.56 Å². The predicted octanol–water partition coefficient (Wildman–Crippen LogP) is 3.40. The summed E-state index contributed by atoms with van der Waals surface area (Å²) in [6.45, 7) is 1.88. The Balaban J connectivity index is 2.65. The minimum atomic E-state index is -2.22. The maximum absolute atomic E-state index is 13.4. The molecule has 0 aliphatic carbocycles. The van der Waals surface area contributed by atoms with Gasteiger partial charge in [0.25, 0.3) is 0 Å². The Kier molecular flexibility index (Phi) is 5.37. The van der Waals surface area contributed by atoms with Crippen LogP contribution in [0.3, 0.4) is 0 Å². The third-order valence-corrected chi connectivity index (χ3v) is 6.02. The third kappa shape index (κ3) is 3.83. The highest BCUT2D eigenvalue weighted by atomic mass is 28.4. The fourth-order valence-electron chi connectivity index (χ4n) is 1.68. The largest absolute Gasteiger partial charge is 0.398 e. The Morgan fingerprint density at radius 2 is 1.56 bits per heavy atom. The Labute approximate surface area is 106 Å². The molecule has 6 heteroatoms. The van der Waals surface area contributed by atoms with Crippen LogP contribution in [0.5, 0.6) is 0 Å². The first-order valence-corrected chi connectivity index (χ1v) is 8.18. The van der Waals surface area contributed by atoms with E-state index in [-0.39, 0.29) is 12.0 Å². The number of rotatable bonds is 6. The van der Waals surface area contributed by atoms with Gasteiger partial charge in [-0.2, -0.15) is 0 Å². The molecule has 102 valence electrons. The van der Waals surface area contributed by atoms with Crippen molar-refractivity contribution in [2.45, 2.75) is 25.4 Å². The second-order valence-electron chi connectivity index (χ2n) is 4.24. The highest BCUT2D eigenvalue weighted by Crippen LogP contribution is 2.20. The molecule has 0 fully saturated rings. The van der Waals surface area contributed by atoms with E-state index in [1.54, 1.807) is 14.2 Å². The zero-order chi connectivity index (χ0) is 13.8. The zero-order valence-electron chi connectivity index (χ0n) is 10.7. The summed E-state index contributed by atoms with van der Waals surface area (Å²) in [6, 6.07) is 2.01. The standard InChI is InChI=1S/C12H17F3O2Si/c1-16-18(3,17-2)6-4-5-10-11(14)7-9(13)8-12(10)15/h7-8H,4-6H2,1-3H3. The Morgan fingerprint density at radius 1 is 1.06 bits per heavy atom. The van der Waals surface area contributed by atoms with Gasteiger partial charge in [-0.05, 0) is 25.4 Å². The molecule has 0 spiro atoms. The second-order valence-corrected chi connectivity index (χ2v) is 7.83. The summed E-state index contributed by atoms with van der Waals surface area (Å²) in [4.78, 5) is 0. The molecule has 1 aromatic rings. The summed E-state index contributed by atoms with van der Waals surface area (Å²) in [6.07, 6.45) is 0.733.